The monoisotopic (exact) mass is 361 g/mol. The highest BCUT2D eigenvalue weighted by Crippen LogP contribution is 2.29. The van der Waals surface area contributed by atoms with Gasteiger partial charge in [-0.3, -0.25) is 5.10 Å². The minimum atomic E-state index is -0.268. The zero-order valence-electron chi connectivity index (χ0n) is 14.2. The third kappa shape index (κ3) is 4.60. The summed E-state index contributed by atoms with van der Waals surface area (Å²) in [5.41, 5.74) is 0.683. The number of nitrogens with zero attached hydrogens (tertiary/aromatic N) is 2. The van der Waals surface area contributed by atoms with Gasteiger partial charge in [-0.1, -0.05) is 12.1 Å². The van der Waals surface area contributed by atoms with Crippen molar-refractivity contribution in [2.24, 2.45) is 0 Å². The smallest absolute Gasteiger partial charge is 0.319 e. The van der Waals surface area contributed by atoms with Crippen LogP contribution in [0.25, 0.3) is 0 Å². The third-order valence-corrected chi connectivity index (χ3v) is 4.61. The first-order chi connectivity index (χ1) is 12.1. The molecule has 1 aliphatic rings. The van der Waals surface area contributed by atoms with Crippen molar-refractivity contribution < 1.29 is 9.53 Å². The number of ether oxygens (including phenoxy) is 1. The van der Waals surface area contributed by atoms with Crippen molar-refractivity contribution in [2.45, 2.75) is 45.3 Å². The lowest BCUT2D eigenvalue weighted by atomic mass is 10.2. The van der Waals surface area contributed by atoms with Crippen LogP contribution < -0.4 is 15.4 Å². The van der Waals surface area contributed by atoms with E-state index in [0.29, 0.717) is 23.5 Å². The Balaban J connectivity index is 1.53. The number of aromatic nitrogens is 3. The SMILES string of the molecule is Cc1n[nH]c(=S)n1CCNC(=O)Nc1ccccc1OC1CCCC1. The van der Waals surface area contributed by atoms with E-state index in [2.05, 4.69) is 20.8 Å². The number of amides is 2. The number of H-pyrrole nitrogens is 1. The predicted molar refractivity (Wildman–Crippen MR) is 98.5 cm³/mol. The second-order valence-electron chi connectivity index (χ2n) is 6.13. The molecule has 0 aliphatic heterocycles. The Morgan fingerprint density at radius 3 is 2.88 bits per heavy atom. The molecule has 1 saturated carbocycles. The van der Waals surface area contributed by atoms with Crippen LogP contribution in [0, 0.1) is 11.7 Å². The maximum atomic E-state index is 12.2. The maximum absolute atomic E-state index is 12.2. The van der Waals surface area contributed by atoms with Crippen molar-refractivity contribution >= 4 is 23.9 Å². The molecule has 0 bridgehead atoms. The van der Waals surface area contributed by atoms with Gasteiger partial charge in [0.05, 0.1) is 11.8 Å². The van der Waals surface area contributed by atoms with Gasteiger partial charge in [0.2, 0.25) is 0 Å². The molecule has 1 heterocycles. The summed E-state index contributed by atoms with van der Waals surface area (Å²) < 4.78 is 8.42. The van der Waals surface area contributed by atoms with Crippen molar-refractivity contribution in [1.82, 2.24) is 20.1 Å². The standard InChI is InChI=1S/C17H23N5O2S/c1-12-20-21-17(25)22(12)11-10-18-16(23)19-14-8-4-5-9-15(14)24-13-6-2-3-7-13/h4-5,8-9,13H,2-3,6-7,10-11H2,1H3,(H,21,25)(H2,18,19,23). The van der Waals surface area contributed by atoms with Crippen LogP contribution >= 0.6 is 12.2 Å². The van der Waals surface area contributed by atoms with Crippen molar-refractivity contribution in [3.05, 3.63) is 34.9 Å². The van der Waals surface area contributed by atoms with Gasteiger partial charge in [0.25, 0.3) is 0 Å². The number of hydrogen-bond donors (Lipinski definition) is 3. The predicted octanol–water partition coefficient (Wildman–Crippen LogP) is 3.39. The van der Waals surface area contributed by atoms with Gasteiger partial charge >= 0.3 is 6.03 Å². The fraction of sp³-hybridized carbons (Fsp3) is 0.471. The van der Waals surface area contributed by atoms with Crippen molar-refractivity contribution in [1.29, 1.82) is 0 Å². The average molecular weight is 361 g/mol. The summed E-state index contributed by atoms with van der Waals surface area (Å²) in [5, 5.41) is 12.5. The fourth-order valence-electron chi connectivity index (χ4n) is 2.97. The highest BCUT2D eigenvalue weighted by atomic mass is 32.1. The lowest BCUT2D eigenvalue weighted by Gasteiger charge is -2.17. The van der Waals surface area contributed by atoms with Crippen LogP contribution in [0.4, 0.5) is 10.5 Å². The molecule has 0 spiro atoms. The Labute approximate surface area is 151 Å². The molecule has 134 valence electrons. The molecule has 1 aromatic heterocycles. The number of nitrogens with one attached hydrogen (secondary N) is 3. The van der Waals surface area contributed by atoms with Gasteiger partial charge in [0.15, 0.2) is 4.77 Å². The normalized spacial score (nSPS) is 14.4. The molecule has 1 aliphatic carbocycles. The molecule has 0 unspecified atom stereocenters. The lowest BCUT2D eigenvalue weighted by Crippen LogP contribution is -2.32. The number of anilines is 1. The second kappa shape index (κ2) is 8.15. The quantitative estimate of drug-likeness (QED) is 0.689. The molecule has 1 aromatic carbocycles. The van der Waals surface area contributed by atoms with E-state index in [9.17, 15) is 4.79 Å². The third-order valence-electron chi connectivity index (χ3n) is 4.30. The molecule has 1 fully saturated rings. The summed E-state index contributed by atoms with van der Waals surface area (Å²) in [7, 11) is 0. The zero-order valence-corrected chi connectivity index (χ0v) is 15.1. The van der Waals surface area contributed by atoms with Gasteiger partial charge in [-0.2, -0.15) is 5.10 Å². The van der Waals surface area contributed by atoms with E-state index in [-0.39, 0.29) is 12.1 Å². The molecule has 25 heavy (non-hydrogen) atoms. The van der Waals surface area contributed by atoms with Crippen molar-refractivity contribution in [3.63, 3.8) is 0 Å². The molecule has 8 heteroatoms. The van der Waals surface area contributed by atoms with Gasteiger partial charge in [-0.15, -0.1) is 0 Å². The van der Waals surface area contributed by atoms with E-state index in [1.165, 1.54) is 12.8 Å². The molecule has 2 amide bonds. The van der Waals surface area contributed by atoms with Crippen molar-refractivity contribution in [3.8, 4) is 5.75 Å². The average Bonchev–Trinajstić information content (AvgIpc) is 3.21. The number of benzene rings is 1. The molecule has 0 atom stereocenters. The molecular formula is C17H23N5O2S. The van der Waals surface area contributed by atoms with Gasteiger partial charge in [0.1, 0.15) is 11.6 Å². The van der Waals surface area contributed by atoms with Crippen LogP contribution in [0.3, 0.4) is 0 Å². The summed E-state index contributed by atoms with van der Waals surface area (Å²) in [6.07, 6.45) is 4.81. The van der Waals surface area contributed by atoms with Crippen LogP contribution in [0.15, 0.2) is 24.3 Å². The summed E-state index contributed by atoms with van der Waals surface area (Å²) >= 11 is 5.14. The van der Waals surface area contributed by atoms with Gasteiger partial charge in [-0.05, 0) is 57.0 Å². The molecule has 3 N–H and O–H groups in total. The molecule has 0 saturated heterocycles. The minimum Gasteiger partial charge on any atom is -0.488 e. The number of aryl methyl sites for hydroxylation is 1. The number of carbonyl (C=O) groups excluding carboxylic acids is 1. The molecule has 3 rings (SSSR count). The fourth-order valence-corrected chi connectivity index (χ4v) is 3.23. The minimum absolute atomic E-state index is 0.247. The molecule has 2 aromatic rings. The first kappa shape index (κ1) is 17.5. The largest absolute Gasteiger partial charge is 0.488 e. The Morgan fingerprint density at radius 1 is 1.40 bits per heavy atom. The van der Waals surface area contributed by atoms with Crippen LogP contribution in [0.2, 0.25) is 0 Å². The van der Waals surface area contributed by atoms with Gasteiger partial charge in [-0.25, -0.2) is 4.79 Å². The van der Waals surface area contributed by atoms with E-state index < -0.39 is 0 Å². The number of hydrogen-bond acceptors (Lipinski definition) is 4. The van der Waals surface area contributed by atoms with E-state index in [4.69, 9.17) is 17.0 Å². The summed E-state index contributed by atoms with van der Waals surface area (Å²) in [6.45, 7) is 2.88. The van der Waals surface area contributed by atoms with Gasteiger partial charge < -0.3 is 19.9 Å². The highest BCUT2D eigenvalue weighted by molar-refractivity contribution is 7.71. The van der Waals surface area contributed by atoms with Crippen LogP contribution in [0.1, 0.15) is 31.5 Å². The van der Waals surface area contributed by atoms with E-state index in [0.717, 1.165) is 24.4 Å². The Morgan fingerprint density at radius 2 is 2.16 bits per heavy atom. The first-order valence-corrected chi connectivity index (χ1v) is 8.96. The number of rotatable bonds is 6. The van der Waals surface area contributed by atoms with Gasteiger partial charge in [0, 0.05) is 13.1 Å². The summed E-state index contributed by atoms with van der Waals surface area (Å²) in [6, 6.07) is 7.26. The van der Waals surface area contributed by atoms with Crippen LogP contribution in [-0.2, 0) is 6.54 Å². The lowest BCUT2D eigenvalue weighted by molar-refractivity contribution is 0.211. The summed E-state index contributed by atoms with van der Waals surface area (Å²) in [4.78, 5) is 12.2. The second-order valence-corrected chi connectivity index (χ2v) is 6.52. The van der Waals surface area contributed by atoms with E-state index >= 15 is 0 Å². The maximum Gasteiger partial charge on any atom is 0.319 e. The molecular weight excluding hydrogens is 338 g/mol. The summed E-state index contributed by atoms with van der Waals surface area (Å²) in [5.74, 6) is 1.51. The highest BCUT2D eigenvalue weighted by Gasteiger charge is 2.18. The zero-order chi connectivity index (χ0) is 17.6. The molecule has 0 radical (unpaired) electrons. The van der Waals surface area contributed by atoms with Crippen molar-refractivity contribution in [2.75, 3.05) is 11.9 Å². The first-order valence-electron chi connectivity index (χ1n) is 8.56. The number of carbonyl (C=O) groups is 1. The van der Waals surface area contributed by atoms with E-state index in [1.807, 2.05) is 35.8 Å². The Hall–Kier alpha value is -2.35. The Bertz CT molecular complexity index is 779. The molecule has 7 nitrogen and oxygen atoms in total. The number of para-hydroxylation sites is 2. The van der Waals surface area contributed by atoms with Crippen LogP contribution in [0.5, 0.6) is 5.75 Å². The van der Waals surface area contributed by atoms with E-state index in [1.54, 1.807) is 0 Å². The van der Waals surface area contributed by atoms with Crippen LogP contribution in [-0.4, -0.2) is 33.4 Å². The Kier molecular flexibility index (Phi) is 5.70. The number of urea groups is 1. The topological polar surface area (TPSA) is 84.0 Å². The number of aromatic amines is 1.